The van der Waals surface area contributed by atoms with Crippen LogP contribution in [-0.4, -0.2) is 24.3 Å². The number of halogens is 2. The van der Waals surface area contributed by atoms with Crippen LogP contribution in [0.5, 0.6) is 5.75 Å². The van der Waals surface area contributed by atoms with Crippen LogP contribution in [0.2, 0.25) is 10.0 Å². The minimum Gasteiger partial charge on any atom is -0.491 e. The third-order valence-corrected chi connectivity index (χ3v) is 7.07. The molecule has 152 valence electrons. The average molecular weight is 429 g/mol. The molecule has 3 nitrogen and oxygen atoms in total. The van der Waals surface area contributed by atoms with Crippen LogP contribution in [0.25, 0.3) is 10.9 Å². The summed E-state index contributed by atoms with van der Waals surface area (Å²) in [6, 6.07) is 10.6. The van der Waals surface area contributed by atoms with Gasteiger partial charge in [0.25, 0.3) is 0 Å². The summed E-state index contributed by atoms with van der Waals surface area (Å²) in [4.78, 5) is 0. The highest BCUT2D eigenvalue weighted by Crippen LogP contribution is 2.35. The van der Waals surface area contributed by atoms with E-state index in [-0.39, 0.29) is 0 Å². The normalized spacial score (nSPS) is 16.3. The Balaban J connectivity index is 1.45. The van der Waals surface area contributed by atoms with E-state index in [1.807, 2.05) is 12.1 Å². The van der Waals surface area contributed by atoms with Gasteiger partial charge in [0, 0.05) is 24.0 Å². The molecule has 0 saturated carbocycles. The first-order valence-electron chi connectivity index (χ1n) is 10.7. The summed E-state index contributed by atoms with van der Waals surface area (Å²) in [5, 5.41) is 5.99. The Morgan fingerprint density at radius 3 is 2.69 bits per heavy atom. The van der Waals surface area contributed by atoms with Crippen LogP contribution in [-0.2, 0) is 32.2 Å². The lowest BCUT2D eigenvalue weighted by Gasteiger charge is -2.20. The van der Waals surface area contributed by atoms with Gasteiger partial charge >= 0.3 is 0 Å². The van der Waals surface area contributed by atoms with Crippen molar-refractivity contribution in [2.45, 2.75) is 45.1 Å². The zero-order valence-electron chi connectivity index (χ0n) is 16.6. The molecule has 5 rings (SSSR count). The van der Waals surface area contributed by atoms with Gasteiger partial charge < -0.3 is 14.6 Å². The van der Waals surface area contributed by atoms with Gasteiger partial charge in [0.05, 0.1) is 22.1 Å². The zero-order chi connectivity index (χ0) is 19.8. The molecule has 0 bridgehead atoms. The maximum Gasteiger partial charge on any atom is 0.122 e. The lowest BCUT2D eigenvalue weighted by Crippen LogP contribution is -2.18. The van der Waals surface area contributed by atoms with Crippen molar-refractivity contribution in [3.8, 4) is 5.75 Å². The van der Waals surface area contributed by atoms with Crippen LogP contribution in [0.3, 0.4) is 0 Å². The number of nitrogens with one attached hydrogen (secondary N) is 1. The van der Waals surface area contributed by atoms with Gasteiger partial charge in [0.1, 0.15) is 12.4 Å². The van der Waals surface area contributed by atoms with Crippen LogP contribution in [0.1, 0.15) is 35.2 Å². The van der Waals surface area contributed by atoms with Crippen LogP contribution in [0.15, 0.2) is 30.3 Å². The fourth-order valence-electron chi connectivity index (χ4n) is 4.96. The molecule has 2 aliphatic rings. The van der Waals surface area contributed by atoms with E-state index in [9.17, 15) is 0 Å². The second-order valence-electron chi connectivity index (χ2n) is 8.06. The summed E-state index contributed by atoms with van der Waals surface area (Å²) >= 11 is 12.7. The largest absolute Gasteiger partial charge is 0.491 e. The summed E-state index contributed by atoms with van der Waals surface area (Å²) in [5.74, 6) is 1.06. The third kappa shape index (κ3) is 3.65. The van der Waals surface area contributed by atoms with E-state index in [4.69, 9.17) is 27.9 Å². The first-order valence-corrected chi connectivity index (χ1v) is 11.4. The highest BCUT2D eigenvalue weighted by molar-refractivity contribution is 6.42. The Kier molecular flexibility index (Phi) is 5.47. The van der Waals surface area contributed by atoms with Crippen molar-refractivity contribution in [2.24, 2.45) is 0 Å². The molecule has 2 heterocycles. The molecule has 0 atom stereocenters. The van der Waals surface area contributed by atoms with Gasteiger partial charge in [-0.3, -0.25) is 0 Å². The molecule has 0 unspecified atom stereocenters. The van der Waals surface area contributed by atoms with Crippen molar-refractivity contribution >= 4 is 34.1 Å². The minimum absolute atomic E-state index is 0.615. The molecule has 3 aromatic rings. The molecule has 29 heavy (non-hydrogen) atoms. The van der Waals surface area contributed by atoms with Crippen LogP contribution >= 0.6 is 23.2 Å². The maximum atomic E-state index is 6.38. The van der Waals surface area contributed by atoms with Gasteiger partial charge in [-0.05, 0) is 73.5 Å². The quantitative estimate of drug-likeness (QED) is 0.585. The molecule has 0 amide bonds. The Hall–Kier alpha value is -1.68. The topological polar surface area (TPSA) is 26.2 Å². The van der Waals surface area contributed by atoms with E-state index in [0.29, 0.717) is 16.7 Å². The third-order valence-electron chi connectivity index (χ3n) is 6.34. The van der Waals surface area contributed by atoms with E-state index >= 15 is 0 Å². The van der Waals surface area contributed by atoms with Gasteiger partial charge in [-0.2, -0.15) is 0 Å². The van der Waals surface area contributed by atoms with Crippen LogP contribution in [0.4, 0.5) is 0 Å². The number of rotatable bonds is 4. The number of hydrogen-bond donors (Lipinski definition) is 1. The highest BCUT2D eigenvalue weighted by atomic mass is 35.5. The number of benzene rings is 2. The first-order chi connectivity index (χ1) is 14.2. The molecular formula is C24H26Cl2N2O. The lowest BCUT2D eigenvalue weighted by atomic mass is 9.91. The van der Waals surface area contributed by atoms with Crippen molar-refractivity contribution in [1.82, 2.24) is 9.88 Å². The predicted molar refractivity (Wildman–Crippen MR) is 121 cm³/mol. The number of fused-ring (bicyclic) bond motifs is 4. The summed E-state index contributed by atoms with van der Waals surface area (Å²) in [5.41, 5.74) is 6.84. The molecule has 0 fully saturated rings. The molecule has 1 aromatic heterocycles. The van der Waals surface area contributed by atoms with E-state index in [1.165, 1.54) is 52.5 Å². The monoisotopic (exact) mass is 428 g/mol. The zero-order valence-corrected chi connectivity index (χ0v) is 18.1. The molecule has 1 aliphatic carbocycles. The summed E-state index contributed by atoms with van der Waals surface area (Å²) in [6.45, 7) is 3.46. The Bertz CT molecular complexity index is 1060. The van der Waals surface area contributed by atoms with Gasteiger partial charge in [-0.25, -0.2) is 0 Å². The molecular weight excluding hydrogens is 403 g/mol. The second kappa shape index (κ2) is 8.22. The minimum atomic E-state index is 0.615. The van der Waals surface area contributed by atoms with E-state index < -0.39 is 0 Å². The molecule has 5 heteroatoms. The number of aromatic nitrogens is 1. The molecule has 1 N–H and O–H groups in total. The number of nitrogens with zero attached hydrogens (tertiary/aromatic N) is 1. The average Bonchev–Trinajstić information content (AvgIpc) is 2.88. The molecule has 2 aromatic carbocycles. The summed E-state index contributed by atoms with van der Waals surface area (Å²) in [7, 11) is 0. The van der Waals surface area contributed by atoms with Gasteiger partial charge in [-0.15, -0.1) is 0 Å². The Labute approximate surface area is 181 Å². The SMILES string of the molecule is Clc1cc2c3c(n(CCOc4cccc5c4CCCC5)c2cc1Cl)CCNCC3. The van der Waals surface area contributed by atoms with Crippen molar-refractivity contribution < 1.29 is 4.74 Å². The van der Waals surface area contributed by atoms with Crippen molar-refractivity contribution in [3.05, 3.63) is 62.8 Å². The second-order valence-corrected chi connectivity index (χ2v) is 8.87. The van der Waals surface area contributed by atoms with E-state index in [2.05, 4.69) is 28.1 Å². The molecule has 0 saturated heterocycles. The highest BCUT2D eigenvalue weighted by Gasteiger charge is 2.20. The maximum absolute atomic E-state index is 6.38. The van der Waals surface area contributed by atoms with Gasteiger partial charge in [0.15, 0.2) is 0 Å². The summed E-state index contributed by atoms with van der Waals surface area (Å²) < 4.78 is 8.71. The molecule has 1 aliphatic heterocycles. The molecule has 0 radical (unpaired) electrons. The van der Waals surface area contributed by atoms with Crippen LogP contribution in [0, 0.1) is 0 Å². The smallest absolute Gasteiger partial charge is 0.122 e. The molecule has 0 spiro atoms. The first kappa shape index (κ1) is 19.3. The summed E-state index contributed by atoms with van der Waals surface area (Å²) in [6.07, 6.45) is 6.89. The van der Waals surface area contributed by atoms with Crippen LogP contribution < -0.4 is 10.1 Å². The predicted octanol–water partition coefficient (Wildman–Crippen LogP) is 5.59. The van der Waals surface area contributed by atoms with Crippen molar-refractivity contribution in [2.75, 3.05) is 19.7 Å². The number of ether oxygens (including phenoxy) is 1. The van der Waals surface area contributed by atoms with Gasteiger partial charge in [0.2, 0.25) is 0 Å². The fraction of sp³-hybridized carbons (Fsp3) is 0.417. The van der Waals surface area contributed by atoms with Gasteiger partial charge in [-0.1, -0.05) is 35.3 Å². The van der Waals surface area contributed by atoms with Crippen molar-refractivity contribution in [1.29, 1.82) is 0 Å². The van der Waals surface area contributed by atoms with E-state index in [1.54, 1.807) is 0 Å². The Morgan fingerprint density at radius 2 is 1.76 bits per heavy atom. The fourth-order valence-corrected chi connectivity index (χ4v) is 5.28. The van der Waals surface area contributed by atoms with E-state index in [0.717, 1.165) is 44.6 Å². The lowest BCUT2D eigenvalue weighted by molar-refractivity contribution is 0.294. The number of hydrogen-bond acceptors (Lipinski definition) is 2. The number of aryl methyl sites for hydroxylation is 1. The van der Waals surface area contributed by atoms with Crippen molar-refractivity contribution in [3.63, 3.8) is 0 Å². The standard InChI is InChI=1S/C24H26Cl2N2O/c25-20-14-19-18-8-10-27-11-9-22(18)28(23(19)15-21(20)26)12-13-29-24-7-3-5-16-4-1-2-6-17(16)24/h3,5,7,14-15,27H,1-2,4,6,8-13H2. The Morgan fingerprint density at radius 1 is 0.931 bits per heavy atom.